The average molecular weight is 273 g/mol. The van der Waals surface area contributed by atoms with Crippen molar-refractivity contribution in [3.05, 3.63) is 65.7 Å². The lowest BCUT2D eigenvalue weighted by molar-refractivity contribution is 0.554. The number of rotatable bonds is 3. The topological polar surface area (TPSA) is 37.1 Å². The van der Waals surface area contributed by atoms with Crippen LogP contribution in [0.5, 0.6) is 0 Å². The molecule has 1 aliphatic heterocycles. The van der Waals surface area contributed by atoms with Gasteiger partial charge in [0.1, 0.15) is 0 Å². The molecule has 2 aromatic rings. The third-order valence-electron chi connectivity index (χ3n) is 3.38. The average Bonchev–Trinajstić information content (AvgIpc) is 3.22. The molecule has 0 N–H and O–H groups in total. The lowest BCUT2D eigenvalue weighted by atomic mass is 10.1. The van der Waals surface area contributed by atoms with E-state index in [2.05, 4.69) is 0 Å². The second-order valence-electron chi connectivity index (χ2n) is 4.81. The smallest absolute Gasteiger partial charge is 0.207 e. The van der Waals surface area contributed by atoms with Gasteiger partial charge < -0.3 is 0 Å². The van der Waals surface area contributed by atoms with Crippen LogP contribution in [0.1, 0.15) is 17.2 Å². The fraction of sp³-hybridized carbons (Fsp3) is 0.200. The maximum Gasteiger partial charge on any atom is 0.243 e. The molecular formula is C15H15NO2S. The number of aryl methyl sites for hydroxylation is 1. The molecule has 1 heterocycles. The number of hydrogen-bond acceptors (Lipinski definition) is 2. The molecule has 98 valence electrons. The van der Waals surface area contributed by atoms with Gasteiger partial charge in [-0.1, -0.05) is 48.0 Å². The van der Waals surface area contributed by atoms with Gasteiger partial charge in [-0.2, -0.15) is 4.31 Å². The fourth-order valence-corrected chi connectivity index (χ4v) is 3.74. The van der Waals surface area contributed by atoms with Crippen LogP contribution in [0.25, 0.3) is 0 Å². The van der Waals surface area contributed by atoms with Crippen molar-refractivity contribution in [2.45, 2.75) is 17.9 Å². The summed E-state index contributed by atoms with van der Waals surface area (Å²) in [4.78, 5) is 0.365. The molecule has 19 heavy (non-hydrogen) atoms. The van der Waals surface area contributed by atoms with Gasteiger partial charge in [0.2, 0.25) is 10.0 Å². The highest BCUT2D eigenvalue weighted by molar-refractivity contribution is 7.89. The Labute approximate surface area is 113 Å². The SMILES string of the molecule is Cc1ccc([C@@H]2CN2S(=O)(=O)c2ccccc2)cc1. The van der Waals surface area contributed by atoms with Crippen LogP contribution in [-0.4, -0.2) is 19.3 Å². The van der Waals surface area contributed by atoms with E-state index in [1.165, 1.54) is 9.87 Å². The molecule has 1 saturated heterocycles. The lowest BCUT2D eigenvalue weighted by Gasteiger charge is -2.06. The van der Waals surface area contributed by atoms with Crippen molar-refractivity contribution in [2.75, 3.05) is 6.54 Å². The Balaban J connectivity index is 1.85. The highest BCUT2D eigenvalue weighted by Crippen LogP contribution is 2.40. The molecule has 2 aromatic carbocycles. The van der Waals surface area contributed by atoms with Crippen LogP contribution in [0.2, 0.25) is 0 Å². The number of nitrogens with zero attached hydrogens (tertiary/aromatic N) is 1. The van der Waals surface area contributed by atoms with Crippen molar-refractivity contribution in [3.63, 3.8) is 0 Å². The lowest BCUT2D eigenvalue weighted by Crippen LogP contribution is -2.12. The van der Waals surface area contributed by atoms with E-state index in [4.69, 9.17) is 0 Å². The predicted molar refractivity (Wildman–Crippen MR) is 74.3 cm³/mol. The number of benzene rings is 2. The normalized spacial score (nSPS) is 22.2. The summed E-state index contributed by atoms with van der Waals surface area (Å²) < 4.78 is 26.3. The fourth-order valence-electron chi connectivity index (χ4n) is 2.18. The van der Waals surface area contributed by atoms with E-state index in [9.17, 15) is 8.42 Å². The Bertz CT molecular complexity index is 678. The van der Waals surface area contributed by atoms with Gasteiger partial charge in [-0.3, -0.25) is 0 Å². The van der Waals surface area contributed by atoms with Crippen molar-refractivity contribution < 1.29 is 8.42 Å². The minimum absolute atomic E-state index is 0.00851. The molecule has 1 unspecified atom stereocenters. The highest BCUT2D eigenvalue weighted by atomic mass is 32.2. The maximum atomic E-state index is 12.4. The van der Waals surface area contributed by atoms with Gasteiger partial charge in [0.05, 0.1) is 10.9 Å². The van der Waals surface area contributed by atoms with Crippen molar-refractivity contribution in [1.29, 1.82) is 0 Å². The molecule has 3 rings (SSSR count). The first-order valence-electron chi connectivity index (χ1n) is 6.22. The maximum absolute atomic E-state index is 12.4. The molecule has 3 nitrogen and oxygen atoms in total. The summed E-state index contributed by atoms with van der Waals surface area (Å²) in [7, 11) is -3.34. The Morgan fingerprint density at radius 1 is 1.00 bits per heavy atom. The van der Waals surface area contributed by atoms with E-state index < -0.39 is 10.0 Å². The van der Waals surface area contributed by atoms with Crippen molar-refractivity contribution >= 4 is 10.0 Å². The zero-order valence-corrected chi connectivity index (χ0v) is 11.5. The van der Waals surface area contributed by atoms with Crippen LogP contribution in [0.3, 0.4) is 0 Å². The van der Waals surface area contributed by atoms with E-state index in [0.29, 0.717) is 11.4 Å². The molecule has 1 aliphatic rings. The van der Waals surface area contributed by atoms with E-state index in [-0.39, 0.29) is 6.04 Å². The van der Waals surface area contributed by atoms with E-state index >= 15 is 0 Å². The van der Waals surface area contributed by atoms with Gasteiger partial charge in [0, 0.05) is 6.54 Å². The monoisotopic (exact) mass is 273 g/mol. The molecular weight excluding hydrogens is 258 g/mol. The Hall–Kier alpha value is -1.65. The summed E-state index contributed by atoms with van der Waals surface area (Å²) in [6.07, 6.45) is 0. The first kappa shape index (κ1) is 12.4. The highest BCUT2D eigenvalue weighted by Gasteiger charge is 2.45. The van der Waals surface area contributed by atoms with Crippen LogP contribution in [0, 0.1) is 6.92 Å². The van der Waals surface area contributed by atoms with Gasteiger partial charge in [-0.05, 0) is 24.6 Å². The third kappa shape index (κ3) is 2.29. The van der Waals surface area contributed by atoms with Gasteiger partial charge in [0.25, 0.3) is 0 Å². The third-order valence-corrected chi connectivity index (χ3v) is 5.27. The molecule has 0 radical (unpaired) electrons. The van der Waals surface area contributed by atoms with Crippen molar-refractivity contribution in [3.8, 4) is 0 Å². The van der Waals surface area contributed by atoms with Gasteiger partial charge >= 0.3 is 0 Å². The molecule has 0 bridgehead atoms. The minimum atomic E-state index is -3.34. The first-order valence-corrected chi connectivity index (χ1v) is 7.66. The van der Waals surface area contributed by atoms with Crippen molar-refractivity contribution in [2.24, 2.45) is 0 Å². The van der Waals surface area contributed by atoms with E-state index in [0.717, 1.165) is 5.56 Å². The van der Waals surface area contributed by atoms with Crippen LogP contribution in [0.4, 0.5) is 0 Å². The molecule has 0 aliphatic carbocycles. The predicted octanol–water partition coefficient (Wildman–Crippen LogP) is 2.74. The first-order chi connectivity index (χ1) is 9.09. The number of hydrogen-bond donors (Lipinski definition) is 0. The molecule has 0 amide bonds. The molecule has 2 atom stereocenters. The van der Waals surface area contributed by atoms with Gasteiger partial charge in [-0.25, -0.2) is 8.42 Å². The van der Waals surface area contributed by atoms with Gasteiger partial charge in [0.15, 0.2) is 0 Å². The molecule has 0 spiro atoms. The summed E-state index contributed by atoms with van der Waals surface area (Å²) >= 11 is 0. The van der Waals surface area contributed by atoms with Crippen LogP contribution in [-0.2, 0) is 10.0 Å². The Morgan fingerprint density at radius 2 is 1.63 bits per heavy atom. The zero-order valence-electron chi connectivity index (χ0n) is 10.7. The van der Waals surface area contributed by atoms with E-state index in [1.807, 2.05) is 37.3 Å². The summed E-state index contributed by atoms with van der Waals surface area (Å²) in [5.41, 5.74) is 2.24. The zero-order chi connectivity index (χ0) is 13.5. The van der Waals surface area contributed by atoms with Crippen LogP contribution < -0.4 is 0 Å². The summed E-state index contributed by atoms with van der Waals surface area (Å²) in [6, 6.07) is 16.6. The Morgan fingerprint density at radius 3 is 2.26 bits per heavy atom. The van der Waals surface area contributed by atoms with Crippen LogP contribution >= 0.6 is 0 Å². The quantitative estimate of drug-likeness (QED) is 0.806. The largest absolute Gasteiger partial charge is 0.243 e. The standard InChI is InChI=1S/C15H15NO2S/c1-12-7-9-13(10-8-12)15-11-16(15)19(17,18)14-5-3-2-4-6-14/h2-10,15H,11H2,1H3/t15-,16?/m0/s1. The number of sulfonamides is 1. The summed E-state index contributed by atoms with van der Waals surface area (Å²) in [5, 5.41) is 0. The Kier molecular flexibility index (Phi) is 2.92. The second kappa shape index (κ2) is 4.47. The van der Waals surface area contributed by atoms with Crippen LogP contribution in [0.15, 0.2) is 59.5 Å². The molecule has 4 heteroatoms. The molecule has 0 saturated carbocycles. The van der Waals surface area contributed by atoms with Gasteiger partial charge in [-0.15, -0.1) is 0 Å². The minimum Gasteiger partial charge on any atom is -0.207 e. The second-order valence-corrected chi connectivity index (χ2v) is 6.70. The molecule has 1 fully saturated rings. The summed E-state index contributed by atoms with van der Waals surface area (Å²) in [6.45, 7) is 2.59. The molecule has 0 aromatic heterocycles. The van der Waals surface area contributed by atoms with Crippen molar-refractivity contribution in [1.82, 2.24) is 4.31 Å². The van der Waals surface area contributed by atoms with E-state index in [1.54, 1.807) is 24.3 Å². The summed E-state index contributed by atoms with van der Waals surface area (Å²) in [5.74, 6) is 0.